The summed E-state index contributed by atoms with van der Waals surface area (Å²) < 4.78 is 5.46. The molecule has 98 valence electrons. The molecule has 0 aliphatic carbocycles. The number of hydrogen-bond donors (Lipinski definition) is 0. The lowest BCUT2D eigenvalue weighted by Crippen LogP contribution is -2.09. The molecule has 0 aliphatic heterocycles. The Hall–Kier alpha value is -2.09. The van der Waals surface area contributed by atoms with Gasteiger partial charge in [0, 0.05) is 0 Å². The van der Waals surface area contributed by atoms with E-state index in [1.807, 2.05) is 61.5 Å². The van der Waals surface area contributed by atoms with Crippen LogP contribution in [0.25, 0.3) is 0 Å². The van der Waals surface area contributed by atoms with Crippen LogP contribution >= 0.6 is 0 Å². The Morgan fingerprint density at radius 1 is 1.05 bits per heavy atom. The fraction of sp³-hybridized carbons (Fsp3) is 0.235. The normalized spacial score (nSPS) is 11.9. The zero-order chi connectivity index (χ0) is 13.7. The van der Waals surface area contributed by atoms with Crippen LogP contribution in [0.5, 0.6) is 0 Å². The molecule has 2 rings (SSSR count). The molecule has 0 heterocycles. The van der Waals surface area contributed by atoms with Crippen molar-refractivity contribution >= 4 is 5.97 Å². The van der Waals surface area contributed by atoms with Crippen molar-refractivity contribution < 1.29 is 9.53 Å². The average molecular weight is 254 g/mol. The summed E-state index contributed by atoms with van der Waals surface area (Å²) in [6, 6.07) is 17.3. The first kappa shape index (κ1) is 13.3. The minimum atomic E-state index is -0.279. The standard InChI is InChI=1S/C17H18O2/c1-3-14-9-11-16(12-10-14)17(18)19-13(2)15-7-5-4-6-8-15/h4-13H,3H2,1-2H3. The topological polar surface area (TPSA) is 26.3 Å². The van der Waals surface area contributed by atoms with E-state index in [2.05, 4.69) is 6.92 Å². The van der Waals surface area contributed by atoms with Gasteiger partial charge in [0.05, 0.1) is 5.56 Å². The number of carbonyl (C=O) groups is 1. The highest BCUT2D eigenvalue weighted by Gasteiger charge is 2.13. The average Bonchev–Trinajstić information content (AvgIpc) is 2.48. The van der Waals surface area contributed by atoms with Crippen LogP contribution in [-0.4, -0.2) is 5.97 Å². The molecule has 0 radical (unpaired) electrons. The second-order valence-electron chi connectivity index (χ2n) is 4.51. The van der Waals surface area contributed by atoms with Crippen LogP contribution in [0.15, 0.2) is 54.6 Å². The maximum Gasteiger partial charge on any atom is 0.338 e. The molecule has 0 bridgehead atoms. The van der Waals surface area contributed by atoms with E-state index < -0.39 is 0 Å². The Kier molecular flexibility index (Phi) is 4.35. The van der Waals surface area contributed by atoms with Gasteiger partial charge in [-0.3, -0.25) is 0 Å². The van der Waals surface area contributed by atoms with Crippen molar-refractivity contribution in [3.05, 3.63) is 71.3 Å². The van der Waals surface area contributed by atoms with Gasteiger partial charge in [-0.1, -0.05) is 49.4 Å². The highest BCUT2D eigenvalue weighted by molar-refractivity contribution is 5.89. The molecule has 0 saturated carbocycles. The molecule has 0 amide bonds. The van der Waals surface area contributed by atoms with Gasteiger partial charge < -0.3 is 4.74 Å². The Labute approximate surface area is 114 Å². The first-order valence-corrected chi connectivity index (χ1v) is 6.55. The molecule has 0 aromatic heterocycles. The van der Waals surface area contributed by atoms with Gasteiger partial charge in [0.25, 0.3) is 0 Å². The number of esters is 1. The van der Waals surface area contributed by atoms with Crippen molar-refractivity contribution in [2.24, 2.45) is 0 Å². The van der Waals surface area contributed by atoms with E-state index in [0.29, 0.717) is 5.56 Å². The minimum absolute atomic E-state index is 0.237. The lowest BCUT2D eigenvalue weighted by Gasteiger charge is -2.13. The lowest BCUT2D eigenvalue weighted by atomic mass is 10.1. The Morgan fingerprint density at radius 2 is 1.68 bits per heavy atom. The van der Waals surface area contributed by atoms with Gasteiger partial charge in [0.2, 0.25) is 0 Å². The summed E-state index contributed by atoms with van der Waals surface area (Å²) in [6.45, 7) is 3.97. The third kappa shape index (κ3) is 3.44. The largest absolute Gasteiger partial charge is 0.454 e. The zero-order valence-corrected chi connectivity index (χ0v) is 11.3. The first-order valence-electron chi connectivity index (χ1n) is 6.55. The van der Waals surface area contributed by atoms with Gasteiger partial charge in [0.1, 0.15) is 6.10 Å². The maximum atomic E-state index is 12.0. The summed E-state index contributed by atoms with van der Waals surface area (Å²) >= 11 is 0. The van der Waals surface area contributed by atoms with E-state index in [0.717, 1.165) is 12.0 Å². The number of aryl methyl sites for hydroxylation is 1. The molecule has 0 spiro atoms. The summed E-state index contributed by atoms with van der Waals surface area (Å²) in [7, 11) is 0. The van der Waals surface area contributed by atoms with Gasteiger partial charge in [0.15, 0.2) is 0 Å². The SMILES string of the molecule is CCc1ccc(C(=O)OC(C)c2ccccc2)cc1. The van der Waals surface area contributed by atoms with E-state index >= 15 is 0 Å². The zero-order valence-electron chi connectivity index (χ0n) is 11.3. The molecule has 2 heteroatoms. The Balaban J connectivity index is 2.04. The molecule has 1 unspecified atom stereocenters. The van der Waals surface area contributed by atoms with E-state index in [-0.39, 0.29) is 12.1 Å². The fourth-order valence-electron chi connectivity index (χ4n) is 1.90. The summed E-state index contributed by atoms with van der Waals surface area (Å²) in [6.07, 6.45) is 0.731. The van der Waals surface area contributed by atoms with Crippen LogP contribution in [-0.2, 0) is 11.2 Å². The van der Waals surface area contributed by atoms with Crippen molar-refractivity contribution in [2.45, 2.75) is 26.4 Å². The van der Waals surface area contributed by atoms with E-state index in [1.54, 1.807) is 0 Å². The van der Waals surface area contributed by atoms with Gasteiger partial charge in [-0.15, -0.1) is 0 Å². The van der Waals surface area contributed by atoms with Gasteiger partial charge in [-0.05, 0) is 36.6 Å². The van der Waals surface area contributed by atoms with Crippen LogP contribution in [0.1, 0.15) is 41.4 Å². The van der Waals surface area contributed by atoms with Crippen LogP contribution < -0.4 is 0 Å². The molecular formula is C17H18O2. The van der Waals surface area contributed by atoms with Gasteiger partial charge in [-0.25, -0.2) is 4.79 Å². The number of carbonyl (C=O) groups excluding carboxylic acids is 1. The van der Waals surface area contributed by atoms with Gasteiger partial charge >= 0.3 is 5.97 Å². The summed E-state index contributed by atoms with van der Waals surface area (Å²) in [5.41, 5.74) is 2.81. The Morgan fingerprint density at radius 3 is 2.26 bits per heavy atom. The highest BCUT2D eigenvalue weighted by atomic mass is 16.5. The Bertz CT molecular complexity index is 529. The lowest BCUT2D eigenvalue weighted by molar-refractivity contribution is 0.0338. The van der Waals surface area contributed by atoms with Crippen molar-refractivity contribution in [3.8, 4) is 0 Å². The molecule has 2 aromatic rings. The molecule has 0 saturated heterocycles. The van der Waals surface area contributed by atoms with Crippen molar-refractivity contribution in [1.82, 2.24) is 0 Å². The number of rotatable bonds is 4. The van der Waals surface area contributed by atoms with Crippen molar-refractivity contribution in [1.29, 1.82) is 0 Å². The second-order valence-corrected chi connectivity index (χ2v) is 4.51. The predicted molar refractivity (Wildman–Crippen MR) is 76.1 cm³/mol. The number of benzene rings is 2. The molecule has 19 heavy (non-hydrogen) atoms. The van der Waals surface area contributed by atoms with Crippen LogP contribution in [0.2, 0.25) is 0 Å². The third-order valence-electron chi connectivity index (χ3n) is 3.15. The number of hydrogen-bond acceptors (Lipinski definition) is 2. The summed E-state index contributed by atoms with van der Waals surface area (Å²) in [5.74, 6) is -0.279. The van der Waals surface area contributed by atoms with Gasteiger partial charge in [-0.2, -0.15) is 0 Å². The van der Waals surface area contributed by atoms with Crippen LogP contribution in [0.4, 0.5) is 0 Å². The fourth-order valence-corrected chi connectivity index (χ4v) is 1.90. The van der Waals surface area contributed by atoms with E-state index in [9.17, 15) is 4.79 Å². The minimum Gasteiger partial charge on any atom is -0.454 e. The predicted octanol–water partition coefficient (Wildman–Crippen LogP) is 4.17. The maximum absolute atomic E-state index is 12.0. The van der Waals surface area contributed by atoms with E-state index in [1.165, 1.54) is 5.56 Å². The molecule has 0 fully saturated rings. The summed E-state index contributed by atoms with van der Waals surface area (Å²) in [4.78, 5) is 12.0. The van der Waals surface area contributed by atoms with E-state index in [4.69, 9.17) is 4.74 Å². The number of ether oxygens (including phenoxy) is 1. The quantitative estimate of drug-likeness (QED) is 0.765. The second kappa shape index (κ2) is 6.19. The molecule has 2 nitrogen and oxygen atoms in total. The van der Waals surface area contributed by atoms with Crippen molar-refractivity contribution in [2.75, 3.05) is 0 Å². The smallest absolute Gasteiger partial charge is 0.338 e. The molecule has 0 aliphatic rings. The molecule has 2 aromatic carbocycles. The highest BCUT2D eigenvalue weighted by Crippen LogP contribution is 2.18. The molecule has 1 atom stereocenters. The molecule has 0 N–H and O–H groups in total. The van der Waals surface area contributed by atoms with Crippen LogP contribution in [0.3, 0.4) is 0 Å². The first-order chi connectivity index (χ1) is 9.20. The monoisotopic (exact) mass is 254 g/mol. The van der Waals surface area contributed by atoms with Crippen LogP contribution in [0, 0.1) is 0 Å². The summed E-state index contributed by atoms with van der Waals surface area (Å²) in [5, 5.41) is 0. The molecular weight excluding hydrogens is 236 g/mol. The van der Waals surface area contributed by atoms with Crippen molar-refractivity contribution in [3.63, 3.8) is 0 Å². The third-order valence-corrected chi connectivity index (χ3v) is 3.15.